The number of fused-ring (bicyclic) bond motifs is 2. The van der Waals surface area contributed by atoms with Gasteiger partial charge in [0.15, 0.2) is 5.03 Å². The third-order valence-electron chi connectivity index (χ3n) is 6.33. The van der Waals surface area contributed by atoms with Gasteiger partial charge in [-0.1, -0.05) is 39.9 Å². The van der Waals surface area contributed by atoms with Crippen LogP contribution in [0.15, 0.2) is 38.7 Å². The summed E-state index contributed by atoms with van der Waals surface area (Å²) in [6.45, 7) is 0. The van der Waals surface area contributed by atoms with Crippen LogP contribution in [0.25, 0.3) is 0 Å². The molecule has 1 aromatic carbocycles. The van der Waals surface area contributed by atoms with Crippen LogP contribution in [-0.2, 0) is 27.2 Å². The fourth-order valence-electron chi connectivity index (χ4n) is 4.51. The molecule has 39 heavy (non-hydrogen) atoms. The van der Waals surface area contributed by atoms with Crippen LogP contribution in [0.3, 0.4) is 0 Å². The Morgan fingerprint density at radius 3 is 2.82 bits per heavy atom. The van der Waals surface area contributed by atoms with Crippen LogP contribution in [0.4, 0.5) is 5.95 Å². The van der Waals surface area contributed by atoms with Crippen molar-refractivity contribution in [1.29, 1.82) is 0 Å². The number of amides is 2. The molecule has 0 spiro atoms. The highest BCUT2D eigenvalue weighted by atomic mass is 35.5. The lowest BCUT2D eigenvalue weighted by atomic mass is 10.1. The van der Waals surface area contributed by atoms with E-state index in [1.54, 1.807) is 18.2 Å². The number of nitrogens with zero attached hydrogens (tertiary/aromatic N) is 3. The van der Waals surface area contributed by atoms with Gasteiger partial charge in [-0.15, -0.1) is 40.0 Å². The average Bonchev–Trinajstić information content (AvgIpc) is 3.40. The molecule has 2 amide bonds. The summed E-state index contributed by atoms with van der Waals surface area (Å²) in [6.07, 6.45) is 2.69. The topological polar surface area (TPSA) is 156 Å². The molecule has 1 aliphatic carbocycles. The van der Waals surface area contributed by atoms with E-state index in [4.69, 9.17) is 34.8 Å². The molecule has 1 saturated heterocycles. The van der Waals surface area contributed by atoms with Gasteiger partial charge in [-0.05, 0) is 31.0 Å². The van der Waals surface area contributed by atoms with Crippen LogP contribution in [-0.4, -0.2) is 60.8 Å². The molecular formula is C23H23Cl2N6O4S4+. The van der Waals surface area contributed by atoms with Gasteiger partial charge in [0.25, 0.3) is 5.91 Å². The predicted octanol–water partition coefficient (Wildman–Crippen LogP) is 2.73. The first-order chi connectivity index (χ1) is 18.7. The minimum atomic E-state index is -1.18. The highest BCUT2D eigenvalue weighted by Gasteiger charge is 2.54. The zero-order valence-corrected chi connectivity index (χ0v) is 25.0. The van der Waals surface area contributed by atoms with E-state index in [1.807, 2.05) is 0 Å². The van der Waals surface area contributed by atoms with Gasteiger partial charge in [0, 0.05) is 32.6 Å². The zero-order valence-electron chi connectivity index (χ0n) is 20.2. The average molecular weight is 647 g/mol. The third kappa shape index (κ3) is 5.77. The molecule has 0 bridgehead atoms. The second-order valence-corrected chi connectivity index (χ2v) is 14.1. The van der Waals surface area contributed by atoms with Gasteiger partial charge in [-0.2, -0.15) is 0 Å². The van der Waals surface area contributed by atoms with Crippen molar-refractivity contribution >= 4 is 94.0 Å². The van der Waals surface area contributed by atoms with E-state index < -0.39 is 23.3 Å². The van der Waals surface area contributed by atoms with Crippen molar-refractivity contribution in [2.24, 2.45) is 0 Å². The summed E-state index contributed by atoms with van der Waals surface area (Å²) < 4.78 is 1.43. The van der Waals surface area contributed by atoms with E-state index in [1.165, 1.54) is 56.6 Å². The molecule has 1 aromatic heterocycles. The van der Waals surface area contributed by atoms with Crippen molar-refractivity contribution in [2.45, 2.75) is 40.6 Å². The van der Waals surface area contributed by atoms with E-state index in [0.717, 1.165) is 35.5 Å². The number of anilines is 1. The Kier molecular flexibility index (Phi) is 8.69. The molecule has 1 fully saturated rings. The van der Waals surface area contributed by atoms with Gasteiger partial charge < -0.3 is 10.4 Å². The highest BCUT2D eigenvalue weighted by Crippen LogP contribution is 2.44. The summed E-state index contributed by atoms with van der Waals surface area (Å²) in [5, 5.41) is 14.5. The molecule has 3 aliphatic rings. The van der Waals surface area contributed by atoms with Gasteiger partial charge in [0.2, 0.25) is 5.91 Å². The Bertz CT molecular complexity index is 1410. The van der Waals surface area contributed by atoms with Crippen LogP contribution in [0.5, 0.6) is 0 Å². The van der Waals surface area contributed by atoms with Gasteiger partial charge in [0.05, 0.1) is 15.9 Å². The number of benzene rings is 1. The molecule has 2 aromatic rings. The monoisotopic (exact) mass is 645 g/mol. The smallest absolute Gasteiger partial charge is 0.412 e. The van der Waals surface area contributed by atoms with Crippen molar-refractivity contribution < 1.29 is 24.2 Å². The van der Waals surface area contributed by atoms with E-state index in [-0.39, 0.29) is 23.3 Å². The van der Waals surface area contributed by atoms with E-state index >= 15 is 0 Å². The highest BCUT2D eigenvalue weighted by molar-refractivity contribution is 8.18. The summed E-state index contributed by atoms with van der Waals surface area (Å²) in [5.41, 5.74) is 7.98. The van der Waals surface area contributed by atoms with Crippen molar-refractivity contribution in [3.05, 3.63) is 50.1 Å². The van der Waals surface area contributed by atoms with Gasteiger partial charge in [-0.25, -0.2) is 4.79 Å². The fraction of sp³-hybridized carbons (Fsp3) is 0.348. The number of nitrogens with one attached hydrogen (secondary N) is 1. The number of β-lactam (4-membered cyclic amide) rings is 1. The Balaban J connectivity index is 1.21. The second-order valence-electron chi connectivity index (χ2n) is 8.73. The Morgan fingerprint density at radius 2 is 2.05 bits per heavy atom. The molecule has 2 aliphatic heterocycles. The Labute approximate surface area is 251 Å². The number of nitrogen functional groups attached to an aromatic ring is 2. The van der Waals surface area contributed by atoms with Crippen molar-refractivity contribution in [2.75, 3.05) is 28.2 Å². The number of rotatable bonds is 9. The van der Waals surface area contributed by atoms with Crippen molar-refractivity contribution in [1.82, 2.24) is 15.2 Å². The summed E-state index contributed by atoms with van der Waals surface area (Å²) in [5.74, 6) is 4.71. The normalized spacial score (nSPS) is 19.9. The number of carbonyl (C=O) groups excluding carboxylic acids is 2. The molecule has 16 heteroatoms. The van der Waals surface area contributed by atoms with E-state index in [9.17, 15) is 19.5 Å². The number of carboxylic acid groups (broad SMARTS) is 1. The Morgan fingerprint density at radius 1 is 1.26 bits per heavy atom. The standard InChI is InChI=1S/C23H22Cl2N6O4S4/c24-10-4-5-12(25)14(6-10)36-8-16(32)28-17-20(33)30-18(22(34)35)15(7-37-21(17)30)38-9-39-19-11-2-1-3-13(11)31(27)23(26)29-19/h4-6,17,21,26H,1-3,7-9,27H2,(H2,28,32,34,35)/p+1. The number of carboxylic acids is 1. The molecule has 3 heterocycles. The molecule has 2 unspecified atom stereocenters. The maximum absolute atomic E-state index is 13.0. The number of aliphatic carboxylic acids is 1. The van der Waals surface area contributed by atoms with Gasteiger partial charge in [-0.3, -0.25) is 26.1 Å². The predicted molar refractivity (Wildman–Crippen MR) is 156 cm³/mol. The first-order valence-corrected chi connectivity index (χ1v) is 16.4. The molecule has 206 valence electrons. The number of nitrogens with two attached hydrogens (primary N) is 2. The van der Waals surface area contributed by atoms with Crippen LogP contribution in [0.2, 0.25) is 10.0 Å². The maximum atomic E-state index is 13.0. The lowest BCUT2D eigenvalue weighted by Gasteiger charge is -2.49. The lowest BCUT2D eigenvalue weighted by Crippen LogP contribution is -2.70. The number of halogens is 2. The molecular weight excluding hydrogens is 623 g/mol. The molecule has 10 nitrogen and oxygen atoms in total. The number of hydrogen-bond donors (Lipinski definition) is 4. The SMILES string of the molecule is Nc1nc(SCSC2=C(C(=O)O)N3C(=O)C(NC(=O)CSc4cc(Cl)ccc4Cl)C3SC2)c2c([n+]1N)CCC2. The number of carbonyl (C=O) groups is 3. The largest absolute Gasteiger partial charge is 0.477 e. The zero-order chi connectivity index (χ0) is 27.8. The summed E-state index contributed by atoms with van der Waals surface area (Å²) in [6, 6.07) is 4.18. The quantitative estimate of drug-likeness (QED) is 0.0794. The van der Waals surface area contributed by atoms with Crippen LogP contribution in [0.1, 0.15) is 17.7 Å². The second kappa shape index (κ2) is 11.9. The van der Waals surface area contributed by atoms with E-state index in [2.05, 4.69) is 10.3 Å². The van der Waals surface area contributed by atoms with Crippen molar-refractivity contribution in [3.63, 3.8) is 0 Å². The molecule has 5 rings (SSSR count). The lowest BCUT2D eigenvalue weighted by molar-refractivity contribution is -0.634. The minimum Gasteiger partial charge on any atom is -0.477 e. The summed E-state index contributed by atoms with van der Waals surface area (Å²) >= 11 is 17.6. The molecule has 0 radical (unpaired) electrons. The number of thioether (sulfide) groups is 4. The van der Waals surface area contributed by atoms with Crippen LogP contribution < -0.4 is 21.6 Å². The van der Waals surface area contributed by atoms with Crippen LogP contribution >= 0.6 is 70.2 Å². The minimum absolute atomic E-state index is 0.0348. The summed E-state index contributed by atoms with van der Waals surface area (Å²) in [7, 11) is 0. The fourth-order valence-corrected chi connectivity index (χ4v) is 9.67. The summed E-state index contributed by atoms with van der Waals surface area (Å²) in [4.78, 5) is 44.6. The number of aromatic nitrogens is 2. The third-order valence-corrected chi connectivity index (χ3v) is 11.8. The maximum Gasteiger partial charge on any atom is 0.412 e. The first kappa shape index (κ1) is 28.6. The van der Waals surface area contributed by atoms with Gasteiger partial charge in [0.1, 0.15) is 22.8 Å². The number of hydrogen-bond acceptors (Lipinski definition) is 10. The van der Waals surface area contributed by atoms with Gasteiger partial charge >= 0.3 is 11.9 Å². The van der Waals surface area contributed by atoms with Crippen LogP contribution in [0, 0.1) is 0 Å². The molecule has 2 atom stereocenters. The first-order valence-electron chi connectivity index (χ1n) is 11.7. The Hall–Kier alpha value is -1.97. The van der Waals surface area contributed by atoms with E-state index in [0.29, 0.717) is 30.7 Å². The molecule has 6 N–H and O–H groups in total. The molecule has 0 saturated carbocycles. The van der Waals surface area contributed by atoms with Crippen molar-refractivity contribution in [3.8, 4) is 0 Å².